The normalized spacial score (nSPS) is 14.0. The summed E-state index contributed by atoms with van der Waals surface area (Å²) in [6.07, 6.45) is -4.11. The Labute approximate surface area is 200 Å². The third kappa shape index (κ3) is 4.93. The Morgan fingerprint density at radius 2 is 1.71 bits per heavy atom. The number of nitrogens with two attached hydrogens (primary N) is 1. The van der Waals surface area contributed by atoms with E-state index in [0.29, 0.717) is 0 Å². The molecule has 1 aliphatic rings. The van der Waals surface area contributed by atoms with Gasteiger partial charge in [-0.1, -0.05) is 48.5 Å². The molecule has 3 aromatic carbocycles. The molecule has 4 rings (SSSR count). The average Bonchev–Trinajstić information content (AvgIpc) is 3.16. The molecule has 35 heavy (non-hydrogen) atoms. The van der Waals surface area contributed by atoms with Crippen LogP contribution in [0.15, 0.2) is 60.7 Å². The molecule has 2 atom stereocenters. The first-order valence-electron chi connectivity index (χ1n) is 11.0. The van der Waals surface area contributed by atoms with Gasteiger partial charge >= 0.3 is 6.09 Å². The van der Waals surface area contributed by atoms with Crippen LogP contribution in [0.3, 0.4) is 0 Å². The number of fused-ring (bicyclic) bond motifs is 3. The van der Waals surface area contributed by atoms with Crippen LogP contribution in [-0.2, 0) is 4.74 Å². The van der Waals surface area contributed by atoms with Crippen LogP contribution in [0.1, 0.15) is 35.1 Å². The Morgan fingerprint density at radius 3 is 2.31 bits per heavy atom. The Kier molecular flexibility index (Phi) is 6.94. The predicted octanol–water partition coefficient (Wildman–Crippen LogP) is 3.64. The van der Waals surface area contributed by atoms with E-state index < -0.39 is 46.0 Å². The molecule has 182 valence electrons. The summed E-state index contributed by atoms with van der Waals surface area (Å²) in [5.41, 5.74) is 8.33. The highest BCUT2D eigenvalue weighted by Gasteiger charge is 2.29. The Morgan fingerprint density at radius 1 is 1.11 bits per heavy atom. The van der Waals surface area contributed by atoms with Crippen molar-refractivity contribution in [2.24, 2.45) is 0 Å². The van der Waals surface area contributed by atoms with Gasteiger partial charge in [-0.05, 0) is 28.7 Å². The van der Waals surface area contributed by atoms with E-state index in [-0.39, 0.29) is 25.5 Å². The van der Waals surface area contributed by atoms with E-state index in [4.69, 9.17) is 10.5 Å². The third-order valence-corrected chi connectivity index (χ3v) is 6.08. The molecular weight excluding hydrogens is 457 g/mol. The minimum absolute atomic E-state index is 0.0758. The van der Waals surface area contributed by atoms with Gasteiger partial charge in [0.05, 0.1) is 11.0 Å². The van der Waals surface area contributed by atoms with E-state index in [2.05, 4.69) is 5.32 Å². The van der Waals surface area contributed by atoms with Gasteiger partial charge in [-0.15, -0.1) is 0 Å². The minimum atomic E-state index is -1.75. The number of nitrogens with one attached hydrogen (secondary N) is 1. The SMILES string of the molecule is Nc1cc(F)c(C(O)C(O)CCNC(=O)OCC2c3ccccc3-c3ccccc32)cc1[N+](=O)[O-]. The fourth-order valence-corrected chi connectivity index (χ4v) is 4.31. The molecule has 0 fully saturated rings. The summed E-state index contributed by atoms with van der Waals surface area (Å²) in [4.78, 5) is 22.4. The van der Waals surface area contributed by atoms with Crippen LogP contribution in [0.4, 0.5) is 20.6 Å². The number of halogens is 1. The summed E-state index contributed by atoms with van der Waals surface area (Å²) in [7, 11) is 0. The molecule has 0 aromatic heterocycles. The Balaban J connectivity index is 1.31. The summed E-state index contributed by atoms with van der Waals surface area (Å²) in [5.74, 6) is -1.09. The molecule has 10 heteroatoms. The molecule has 0 heterocycles. The lowest BCUT2D eigenvalue weighted by Crippen LogP contribution is -2.31. The molecular formula is C25H24FN3O6. The number of amides is 1. The maximum atomic E-state index is 14.2. The molecule has 1 amide bonds. The molecule has 1 aliphatic carbocycles. The zero-order valence-corrected chi connectivity index (χ0v) is 18.6. The first-order chi connectivity index (χ1) is 16.8. The highest BCUT2D eigenvalue weighted by molar-refractivity contribution is 5.79. The predicted molar refractivity (Wildman–Crippen MR) is 126 cm³/mol. The molecule has 3 aromatic rings. The molecule has 5 N–H and O–H groups in total. The first kappa shape index (κ1) is 24.1. The quantitative estimate of drug-likeness (QED) is 0.218. The van der Waals surface area contributed by atoms with Crippen LogP contribution < -0.4 is 11.1 Å². The highest BCUT2D eigenvalue weighted by Crippen LogP contribution is 2.44. The van der Waals surface area contributed by atoms with Crippen molar-refractivity contribution in [1.82, 2.24) is 5.32 Å². The summed E-state index contributed by atoms with van der Waals surface area (Å²) in [6, 6.07) is 17.3. The van der Waals surface area contributed by atoms with Crippen molar-refractivity contribution in [3.05, 3.63) is 93.3 Å². The van der Waals surface area contributed by atoms with Gasteiger partial charge in [0.25, 0.3) is 5.69 Å². The van der Waals surface area contributed by atoms with Gasteiger partial charge in [0.2, 0.25) is 0 Å². The number of ether oxygens (including phenoxy) is 1. The van der Waals surface area contributed by atoms with Crippen LogP contribution in [0.5, 0.6) is 0 Å². The molecule has 0 aliphatic heterocycles. The van der Waals surface area contributed by atoms with E-state index >= 15 is 0 Å². The number of alkyl carbamates (subject to hydrolysis) is 1. The van der Waals surface area contributed by atoms with E-state index in [9.17, 15) is 29.5 Å². The smallest absolute Gasteiger partial charge is 0.407 e. The van der Waals surface area contributed by atoms with Gasteiger partial charge in [-0.2, -0.15) is 0 Å². The number of carbonyl (C=O) groups is 1. The second-order valence-corrected chi connectivity index (χ2v) is 8.24. The van der Waals surface area contributed by atoms with E-state index in [1.165, 1.54) is 0 Å². The number of rotatable bonds is 8. The van der Waals surface area contributed by atoms with Gasteiger partial charge in [0.15, 0.2) is 0 Å². The minimum Gasteiger partial charge on any atom is -0.449 e. The fraction of sp³-hybridized carbons (Fsp3) is 0.240. The van der Waals surface area contributed by atoms with E-state index in [1.807, 2.05) is 48.5 Å². The fourth-order valence-electron chi connectivity index (χ4n) is 4.31. The Hall–Kier alpha value is -4.02. The molecule has 0 radical (unpaired) electrons. The molecule has 9 nitrogen and oxygen atoms in total. The number of nitro groups is 1. The van der Waals surface area contributed by atoms with Crippen LogP contribution >= 0.6 is 0 Å². The van der Waals surface area contributed by atoms with Crippen molar-refractivity contribution in [2.45, 2.75) is 24.5 Å². The van der Waals surface area contributed by atoms with Gasteiger partial charge in [-0.3, -0.25) is 10.1 Å². The number of hydrogen-bond acceptors (Lipinski definition) is 7. The topological polar surface area (TPSA) is 148 Å². The number of benzene rings is 3. The zero-order valence-electron chi connectivity index (χ0n) is 18.6. The number of aliphatic hydroxyl groups excluding tert-OH is 2. The van der Waals surface area contributed by atoms with Crippen molar-refractivity contribution in [2.75, 3.05) is 18.9 Å². The second-order valence-electron chi connectivity index (χ2n) is 8.24. The van der Waals surface area contributed by atoms with E-state index in [1.54, 1.807) is 0 Å². The van der Waals surface area contributed by atoms with Gasteiger partial charge in [-0.25, -0.2) is 9.18 Å². The molecule has 2 unspecified atom stereocenters. The molecule has 0 bridgehead atoms. The van der Waals surface area contributed by atoms with Gasteiger partial charge in [0, 0.05) is 30.2 Å². The number of aliphatic hydroxyl groups is 2. The number of nitro benzene ring substituents is 1. The lowest BCUT2D eigenvalue weighted by molar-refractivity contribution is -0.384. The number of carbonyl (C=O) groups excluding carboxylic acids is 1. The van der Waals surface area contributed by atoms with Crippen LogP contribution in [-0.4, -0.2) is 40.5 Å². The van der Waals surface area contributed by atoms with Crippen molar-refractivity contribution in [3.63, 3.8) is 0 Å². The lowest BCUT2D eigenvalue weighted by atomic mass is 9.98. The van der Waals surface area contributed by atoms with Crippen molar-refractivity contribution in [3.8, 4) is 11.1 Å². The molecule has 0 saturated heterocycles. The summed E-state index contributed by atoms with van der Waals surface area (Å²) >= 11 is 0. The summed E-state index contributed by atoms with van der Waals surface area (Å²) in [6.45, 7) is 0.0406. The maximum Gasteiger partial charge on any atom is 0.407 e. The van der Waals surface area contributed by atoms with Gasteiger partial charge < -0.3 is 26.0 Å². The summed E-state index contributed by atoms with van der Waals surface area (Å²) < 4.78 is 19.5. The van der Waals surface area contributed by atoms with Crippen LogP contribution in [0, 0.1) is 15.9 Å². The van der Waals surface area contributed by atoms with Crippen LogP contribution in [0.2, 0.25) is 0 Å². The zero-order chi connectivity index (χ0) is 25.1. The summed E-state index contributed by atoms with van der Waals surface area (Å²) in [5, 5.41) is 34.0. The Bertz CT molecular complexity index is 1220. The standard InChI is InChI=1S/C25H24FN3O6/c26-20-12-21(27)22(29(33)34)11-18(20)24(31)23(30)9-10-28-25(32)35-13-19-16-7-3-1-5-14(16)15-6-2-4-8-17(15)19/h1-8,11-12,19,23-24,30-31H,9-10,13,27H2,(H,28,32). The molecule has 0 saturated carbocycles. The number of hydrogen-bond donors (Lipinski definition) is 4. The van der Waals surface area contributed by atoms with Crippen molar-refractivity contribution in [1.29, 1.82) is 0 Å². The van der Waals surface area contributed by atoms with Gasteiger partial charge in [0.1, 0.15) is 24.2 Å². The highest BCUT2D eigenvalue weighted by atomic mass is 19.1. The maximum absolute atomic E-state index is 14.2. The number of nitrogens with zero attached hydrogens (tertiary/aromatic N) is 1. The third-order valence-electron chi connectivity index (χ3n) is 6.08. The average molecular weight is 481 g/mol. The second kappa shape index (κ2) is 10.1. The van der Waals surface area contributed by atoms with Crippen molar-refractivity contribution >= 4 is 17.5 Å². The molecule has 0 spiro atoms. The monoisotopic (exact) mass is 481 g/mol. The van der Waals surface area contributed by atoms with Crippen molar-refractivity contribution < 1.29 is 29.1 Å². The van der Waals surface area contributed by atoms with E-state index in [0.717, 1.165) is 34.4 Å². The van der Waals surface area contributed by atoms with Crippen LogP contribution in [0.25, 0.3) is 11.1 Å². The number of anilines is 1. The first-order valence-corrected chi connectivity index (χ1v) is 11.0. The lowest BCUT2D eigenvalue weighted by Gasteiger charge is -2.19. The number of nitrogen functional groups attached to an aromatic ring is 1. The largest absolute Gasteiger partial charge is 0.449 e.